The number of hydrogen-bond donors (Lipinski definition) is 1. The minimum atomic E-state index is 0.617. The molecule has 1 aliphatic rings. The first-order chi connectivity index (χ1) is 8.69. The van der Waals surface area contributed by atoms with Crippen LogP contribution in [0.15, 0.2) is 6.20 Å². The van der Waals surface area contributed by atoms with Crippen LogP contribution >= 0.6 is 11.3 Å². The Kier molecular flexibility index (Phi) is 5.15. The van der Waals surface area contributed by atoms with E-state index in [0.29, 0.717) is 6.04 Å². The molecule has 1 saturated heterocycles. The SMILES string of the molecule is CCN1CCC(C(C)NCc2cnc(C)s2)CC1. The predicted octanol–water partition coefficient (Wildman–Crippen LogP) is 2.66. The third-order valence-electron chi connectivity index (χ3n) is 4.05. The van der Waals surface area contributed by atoms with Gasteiger partial charge in [-0.3, -0.25) is 0 Å². The van der Waals surface area contributed by atoms with Crippen LogP contribution in [0.3, 0.4) is 0 Å². The van der Waals surface area contributed by atoms with Crippen LogP contribution in [0.1, 0.15) is 36.6 Å². The summed E-state index contributed by atoms with van der Waals surface area (Å²) >= 11 is 1.80. The van der Waals surface area contributed by atoms with E-state index in [1.165, 1.54) is 37.4 Å². The zero-order chi connectivity index (χ0) is 13.0. The molecule has 1 aromatic rings. The molecule has 1 aromatic heterocycles. The first-order valence-corrected chi connectivity index (χ1v) is 7.87. The van der Waals surface area contributed by atoms with Crippen molar-refractivity contribution in [2.75, 3.05) is 19.6 Å². The molecule has 0 aliphatic carbocycles. The van der Waals surface area contributed by atoms with Gasteiger partial charge in [0.15, 0.2) is 0 Å². The summed E-state index contributed by atoms with van der Waals surface area (Å²) in [4.78, 5) is 8.20. The minimum Gasteiger partial charge on any atom is -0.309 e. The Morgan fingerprint density at radius 2 is 2.22 bits per heavy atom. The number of rotatable bonds is 5. The van der Waals surface area contributed by atoms with Crippen molar-refractivity contribution in [1.82, 2.24) is 15.2 Å². The van der Waals surface area contributed by atoms with Gasteiger partial charge in [-0.15, -0.1) is 11.3 Å². The molecular formula is C14H25N3S. The highest BCUT2D eigenvalue weighted by Gasteiger charge is 2.22. The second-order valence-corrected chi connectivity index (χ2v) is 6.61. The highest BCUT2D eigenvalue weighted by Crippen LogP contribution is 2.21. The summed E-state index contributed by atoms with van der Waals surface area (Å²) in [7, 11) is 0. The summed E-state index contributed by atoms with van der Waals surface area (Å²) in [6.07, 6.45) is 4.67. The van der Waals surface area contributed by atoms with Crippen molar-refractivity contribution >= 4 is 11.3 Å². The third kappa shape index (κ3) is 3.77. The van der Waals surface area contributed by atoms with E-state index >= 15 is 0 Å². The minimum absolute atomic E-state index is 0.617. The van der Waals surface area contributed by atoms with Gasteiger partial charge in [0.05, 0.1) is 5.01 Å². The molecule has 1 atom stereocenters. The quantitative estimate of drug-likeness (QED) is 0.889. The van der Waals surface area contributed by atoms with Crippen LogP contribution in [0, 0.1) is 12.8 Å². The van der Waals surface area contributed by atoms with E-state index in [1.54, 1.807) is 11.3 Å². The first kappa shape index (κ1) is 14.0. The highest BCUT2D eigenvalue weighted by atomic mass is 32.1. The van der Waals surface area contributed by atoms with E-state index in [4.69, 9.17) is 0 Å². The molecular weight excluding hydrogens is 242 g/mol. The van der Waals surface area contributed by atoms with Gasteiger partial charge in [0.25, 0.3) is 0 Å². The van der Waals surface area contributed by atoms with Crippen LogP contribution in [-0.2, 0) is 6.54 Å². The Morgan fingerprint density at radius 1 is 1.50 bits per heavy atom. The van der Waals surface area contributed by atoms with Crippen molar-refractivity contribution < 1.29 is 0 Å². The normalized spacial score (nSPS) is 20.2. The third-order valence-corrected chi connectivity index (χ3v) is 4.97. The van der Waals surface area contributed by atoms with Crippen LogP contribution in [0.2, 0.25) is 0 Å². The molecule has 2 heterocycles. The molecule has 4 heteroatoms. The molecule has 0 amide bonds. The fraction of sp³-hybridized carbons (Fsp3) is 0.786. The van der Waals surface area contributed by atoms with E-state index in [1.807, 2.05) is 6.20 Å². The predicted molar refractivity (Wildman–Crippen MR) is 78.0 cm³/mol. The maximum absolute atomic E-state index is 4.30. The zero-order valence-corrected chi connectivity index (χ0v) is 12.6. The van der Waals surface area contributed by atoms with E-state index in [9.17, 15) is 0 Å². The maximum atomic E-state index is 4.30. The molecule has 0 aromatic carbocycles. The molecule has 0 bridgehead atoms. The lowest BCUT2D eigenvalue weighted by Gasteiger charge is -2.34. The Bertz CT molecular complexity index is 356. The van der Waals surface area contributed by atoms with Gasteiger partial charge in [-0.2, -0.15) is 0 Å². The lowest BCUT2D eigenvalue weighted by Crippen LogP contribution is -2.41. The summed E-state index contributed by atoms with van der Waals surface area (Å²) in [5, 5.41) is 4.83. The van der Waals surface area contributed by atoms with Crippen LogP contribution in [0.5, 0.6) is 0 Å². The van der Waals surface area contributed by atoms with Gasteiger partial charge >= 0.3 is 0 Å². The lowest BCUT2D eigenvalue weighted by molar-refractivity contribution is 0.168. The number of hydrogen-bond acceptors (Lipinski definition) is 4. The molecule has 1 N–H and O–H groups in total. The Hall–Kier alpha value is -0.450. The number of aromatic nitrogens is 1. The van der Waals surface area contributed by atoms with Crippen molar-refractivity contribution in [3.8, 4) is 0 Å². The lowest BCUT2D eigenvalue weighted by atomic mass is 9.90. The van der Waals surface area contributed by atoms with Gasteiger partial charge in [0.2, 0.25) is 0 Å². The second-order valence-electron chi connectivity index (χ2n) is 5.29. The van der Waals surface area contributed by atoms with Crippen molar-refractivity contribution in [2.24, 2.45) is 5.92 Å². The summed E-state index contributed by atoms with van der Waals surface area (Å²) < 4.78 is 0. The summed E-state index contributed by atoms with van der Waals surface area (Å²) in [6, 6.07) is 0.617. The number of nitrogens with zero attached hydrogens (tertiary/aromatic N) is 2. The van der Waals surface area contributed by atoms with Crippen molar-refractivity contribution in [1.29, 1.82) is 0 Å². The molecule has 2 rings (SSSR count). The van der Waals surface area contributed by atoms with Crippen LogP contribution < -0.4 is 5.32 Å². The second kappa shape index (κ2) is 6.64. The molecule has 18 heavy (non-hydrogen) atoms. The standard InChI is InChI=1S/C14H25N3S/c1-4-17-7-5-13(6-8-17)11(2)15-9-14-10-16-12(3)18-14/h10-11,13,15H,4-9H2,1-3H3. The Labute approximate surface area is 115 Å². The summed E-state index contributed by atoms with van der Waals surface area (Å²) in [5.74, 6) is 0.835. The largest absolute Gasteiger partial charge is 0.309 e. The number of thiazole rings is 1. The van der Waals surface area contributed by atoms with Crippen LogP contribution in [-0.4, -0.2) is 35.6 Å². The average molecular weight is 267 g/mol. The Balaban J connectivity index is 1.73. The average Bonchev–Trinajstić information content (AvgIpc) is 2.82. The van der Waals surface area contributed by atoms with Crippen molar-refractivity contribution in [3.63, 3.8) is 0 Å². The van der Waals surface area contributed by atoms with E-state index < -0.39 is 0 Å². The number of piperidine rings is 1. The van der Waals surface area contributed by atoms with Gasteiger partial charge in [-0.05, 0) is 52.2 Å². The first-order valence-electron chi connectivity index (χ1n) is 7.06. The van der Waals surface area contributed by atoms with Crippen molar-refractivity contribution in [2.45, 2.75) is 46.2 Å². The number of aryl methyl sites for hydroxylation is 1. The van der Waals surface area contributed by atoms with Crippen LogP contribution in [0.4, 0.5) is 0 Å². The smallest absolute Gasteiger partial charge is 0.0897 e. The van der Waals surface area contributed by atoms with Crippen molar-refractivity contribution in [3.05, 3.63) is 16.1 Å². The monoisotopic (exact) mass is 267 g/mol. The van der Waals surface area contributed by atoms with Gasteiger partial charge in [-0.25, -0.2) is 4.98 Å². The zero-order valence-electron chi connectivity index (χ0n) is 11.8. The van der Waals surface area contributed by atoms with Gasteiger partial charge in [0, 0.05) is 23.7 Å². The molecule has 0 spiro atoms. The molecule has 1 unspecified atom stereocenters. The van der Waals surface area contributed by atoms with Gasteiger partial charge in [0.1, 0.15) is 0 Å². The number of nitrogens with one attached hydrogen (secondary N) is 1. The molecule has 3 nitrogen and oxygen atoms in total. The fourth-order valence-corrected chi connectivity index (χ4v) is 3.43. The molecule has 0 saturated carbocycles. The van der Waals surface area contributed by atoms with Gasteiger partial charge < -0.3 is 10.2 Å². The topological polar surface area (TPSA) is 28.2 Å². The molecule has 1 fully saturated rings. The molecule has 1 aliphatic heterocycles. The Morgan fingerprint density at radius 3 is 2.78 bits per heavy atom. The van der Waals surface area contributed by atoms with E-state index in [2.05, 4.69) is 36.0 Å². The van der Waals surface area contributed by atoms with Gasteiger partial charge in [-0.1, -0.05) is 6.92 Å². The molecule has 0 radical (unpaired) electrons. The maximum Gasteiger partial charge on any atom is 0.0897 e. The van der Waals surface area contributed by atoms with Crippen LogP contribution in [0.25, 0.3) is 0 Å². The number of likely N-dealkylation sites (tertiary alicyclic amines) is 1. The fourth-order valence-electron chi connectivity index (χ4n) is 2.68. The summed E-state index contributed by atoms with van der Waals surface area (Å²) in [5.41, 5.74) is 0. The highest BCUT2D eigenvalue weighted by molar-refractivity contribution is 7.11. The molecule has 102 valence electrons. The van der Waals surface area contributed by atoms with E-state index in [0.717, 1.165) is 17.5 Å². The van der Waals surface area contributed by atoms with E-state index in [-0.39, 0.29) is 0 Å². The summed E-state index contributed by atoms with van der Waals surface area (Å²) in [6.45, 7) is 11.4.